The summed E-state index contributed by atoms with van der Waals surface area (Å²) < 4.78 is 1.69. The molecule has 0 unspecified atom stereocenters. The van der Waals surface area contributed by atoms with Crippen molar-refractivity contribution in [1.29, 1.82) is 0 Å². The van der Waals surface area contributed by atoms with Gasteiger partial charge in [-0.2, -0.15) is 0 Å². The molecule has 2 aromatic rings. The van der Waals surface area contributed by atoms with Crippen LogP contribution in [0.1, 0.15) is 13.8 Å². The van der Waals surface area contributed by atoms with Crippen LogP contribution in [0.5, 0.6) is 0 Å². The number of thiocarbonyl (C=S) groups is 1. The van der Waals surface area contributed by atoms with Crippen molar-refractivity contribution in [3.63, 3.8) is 0 Å². The molecule has 0 spiro atoms. The van der Waals surface area contributed by atoms with Gasteiger partial charge in [-0.1, -0.05) is 61.7 Å². The highest BCUT2D eigenvalue weighted by Crippen LogP contribution is 2.45. The lowest BCUT2D eigenvalue weighted by atomic mass is 10.0. The van der Waals surface area contributed by atoms with E-state index < -0.39 is 36.8 Å². The number of carboxylic acids is 1. The standard InChI is InChI=1S/C23H23N3O6S4/c1-11(2)12(8-15-24(3)13-6-4-5-7-14(13)34-15)18-20(31)25(9-16(27)28)22(35-18)19-21(32)26(10-17(29)30)23(33)36-19/h4-8,11,17,29-30H,9-10H2,1-3H3,(H,27,28)/b15-8-,18-12+,22-19+. The number of anilines is 1. The van der Waals surface area contributed by atoms with E-state index in [9.17, 15) is 29.7 Å². The van der Waals surface area contributed by atoms with Crippen LogP contribution in [-0.4, -0.2) is 60.9 Å². The number of allylic oxidation sites excluding steroid dienone is 1. The second kappa shape index (κ2) is 10.5. The molecule has 0 aliphatic carbocycles. The molecule has 2 aliphatic rings. The van der Waals surface area contributed by atoms with Gasteiger partial charge in [0, 0.05) is 11.9 Å². The molecule has 1 aromatic carbocycles. The number of aliphatic carboxylic acids is 1. The summed E-state index contributed by atoms with van der Waals surface area (Å²) in [7, 11) is 1.94. The maximum Gasteiger partial charge on any atom is 0.323 e. The molecule has 9 nitrogen and oxygen atoms in total. The zero-order valence-corrected chi connectivity index (χ0v) is 22.8. The van der Waals surface area contributed by atoms with Crippen LogP contribution in [0, 0.1) is 5.92 Å². The number of aromatic nitrogens is 1. The van der Waals surface area contributed by atoms with Crippen molar-refractivity contribution in [3.05, 3.63) is 54.9 Å². The Hall–Kier alpha value is -2.42. The quantitative estimate of drug-likeness (QED) is 0.347. The van der Waals surface area contributed by atoms with Crippen LogP contribution >= 0.6 is 47.1 Å². The van der Waals surface area contributed by atoms with Crippen molar-refractivity contribution < 1.29 is 24.9 Å². The second-order valence-electron chi connectivity index (χ2n) is 8.34. The van der Waals surface area contributed by atoms with Crippen LogP contribution in [0.25, 0.3) is 10.5 Å². The van der Waals surface area contributed by atoms with Crippen LogP contribution in [0.15, 0.2) is 45.1 Å². The van der Waals surface area contributed by atoms with Crippen LogP contribution in [0.3, 0.4) is 0 Å². The molecule has 1 amide bonds. The number of hydrogen-bond donors (Lipinski definition) is 3. The number of rotatable bonds is 6. The predicted molar refractivity (Wildman–Crippen MR) is 146 cm³/mol. The minimum absolute atomic E-state index is 0.0771. The minimum atomic E-state index is -1.79. The fraction of sp³-hybridized carbons (Fsp3) is 0.304. The van der Waals surface area contributed by atoms with Crippen LogP contribution in [-0.2, 0) is 16.1 Å². The molecule has 190 valence electrons. The first-order valence-electron chi connectivity index (χ1n) is 10.8. The molecular weight excluding hydrogens is 543 g/mol. The number of para-hydroxylation sites is 1. The van der Waals surface area contributed by atoms with E-state index in [2.05, 4.69) is 0 Å². The van der Waals surface area contributed by atoms with Crippen molar-refractivity contribution in [1.82, 2.24) is 9.47 Å². The maximum atomic E-state index is 13.5. The third kappa shape index (κ3) is 5.04. The molecule has 13 heteroatoms. The third-order valence-electron chi connectivity index (χ3n) is 5.50. The van der Waals surface area contributed by atoms with Gasteiger partial charge in [0.1, 0.15) is 20.4 Å². The van der Waals surface area contributed by atoms with Gasteiger partial charge in [0.2, 0.25) is 0 Å². The first-order valence-corrected chi connectivity index (χ1v) is 13.7. The SMILES string of the molecule is CC(C)C(/C=C1\Sc2ccccc2N1C)=c1/s/c(=C2/SC(=S)N(CC(O)O)C2=O)n(CC(=O)O)c1=O. The Morgan fingerprint density at radius 2 is 1.86 bits per heavy atom. The topological polar surface area (TPSA) is 123 Å². The molecule has 0 saturated carbocycles. The number of aliphatic hydroxyl groups excluding tert-OH is 1. The van der Waals surface area contributed by atoms with E-state index in [1.165, 1.54) is 0 Å². The summed E-state index contributed by atoms with van der Waals surface area (Å²) in [6.07, 6.45) is 0.148. The van der Waals surface area contributed by atoms with Crippen molar-refractivity contribution >= 4 is 79.4 Å². The Morgan fingerprint density at radius 1 is 1.17 bits per heavy atom. The number of amides is 1. The van der Waals surface area contributed by atoms with E-state index in [1.807, 2.05) is 56.1 Å². The largest absolute Gasteiger partial charge is 0.480 e. The van der Waals surface area contributed by atoms with Gasteiger partial charge in [-0.05, 0) is 29.7 Å². The zero-order valence-electron chi connectivity index (χ0n) is 19.5. The molecule has 2 aliphatic heterocycles. The number of carbonyl (C=O) groups is 2. The normalized spacial score (nSPS) is 19.2. The van der Waals surface area contributed by atoms with E-state index in [4.69, 9.17) is 12.2 Å². The molecular formula is C23H23N3O6S4. The molecule has 0 atom stereocenters. The van der Waals surface area contributed by atoms with E-state index in [1.54, 1.807) is 11.8 Å². The van der Waals surface area contributed by atoms with E-state index in [-0.39, 0.29) is 19.8 Å². The summed E-state index contributed by atoms with van der Waals surface area (Å²) in [6, 6.07) is 7.95. The number of thiazole rings is 1. The number of carboxylic acid groups (broad SMARTS) is 1. The van der Waals surface area contributed by atoms with Gasteiger partial charge in [-0.3, -0.25) is 23.9 Å². The van der Waals surface area contributed by atoms with Gasteiger partial charge in [-0.15, -0.1) is 11.3 Å². The summed E-state index contributed by atoms with van der Waals surface area (Å²) >= 11 is 8.75. The lowest BCUT2D eigenvalue weighted by molar-refractivity contribution is -0.137. The predicted octanol–water partition coefficient (Wildman–Crippen LogP) is 1.16. The summed E-state index contributed by atoms with van der Waals surface area (Å²) in [4.78, 5) is 42.4. The number of fused-ring (bicyclic) bond motifs is 1. The Labute approximate surface area is 224 Å². The second-order valence-corrected chi connectivity index (χ2v) is 12.0. The van der Waals surface area contributed by atoms with Gasteiger partial charge in [-0.25, -0.2) is 0 Å². The van der Waals surface area contributed by atoms with Crippen molar-refractivity contribution in [2.75, 3.05) is 18.5 Å². The summed E-state index contributed by atoms with van der Waals surface area (Å²) in [5.41, 5.74) is 1.27. The highest BCUT2D eigenvalue weighted by molar-refractivity contribution is 8.30. The Balaban J connectivity index is 1.95. The van der Waals surface area contributed by atoms with Crippen molar-refractivity contribution in [2.24, 2.45) is 5.92 Å². The molecule has 3 heterocycles. The average molecular weight is 566 g/mol. The Bertz CT molecular complexity index is 1470. The van der Waals surface area contributed by atoms with E-state index in [0.717, 1.165) is 53.8 Å². The summed E-state index contributed by atoms with van der Waals surface area (Å²) in [5.74, 6) is -1.90. The molecule has 36 heavy (non-hydrogen) atoms. The summed E-state index contributed by atoms with van der Waals surface area (Å²) in [6.45, 7) is 2.85. The first kappa shape index (κ1) is 26.6. The highest BCUT2D eigenvalue weighted by atomic mass is 32.2. The van der Waals surface area contributed by atoms with Crippen LogP contribution < -0.4 is 19.7 Å². The summed E-state index contributed by atoms with van der Waals surface area (Å²) in [5, 5.41) is 29.0. The number of hydrogen-bond acceptors (Lipinski definition) is 10. The minimum Gasteiger partial charge on any atom is -0.480 e. The number of nitrogens with zero attached hydrogens (tertiary/aromatic N) is 3. The number of thioether (sulfide) groups is 2. The fourth-order valence-corrected chi connectivity index (χ4v) is 7.60. The number of carbonyl (C=O) groups excluding carboxylic acids is 1. The highest BCUT2D eigenvalue weighted by Gasteiger charge is 2.35. The Kier molecular flexibility index (Phi) is 7.78. The third-order valence-corrected chi connectivity index (χ3v) is 9.47. The van der Waals surface area contributed by atoms with Gasteiger partial charge in [0.05, 0.1) is 21.8 Å². The van der Waals surface area contributed by atoms with Crippen molar-refractivity contribution in [2.45, 2.75) is 31.6 Å². The lowest BCUT2D eigenvalue weighted by Gasteiger charge is -2.15. The molecule has 1 saturated heterocycles. The van der Waals surface area contributed by atoms with Crippen LogP contribution in [0.2, 0.25) is 0 Å². The first-order chi connectivity index (χ1) is 17.0. The zero-order chi connectivity index (χ0) is 26.3. The van der Waals surface area contributed by atoms with E-state index in [0.29, 0.717) is 4.53 Å². The Morgan fingerprint density at radius 3 is 2.47 bits per heavy atom. The molecule has 1 fully saturated rings. The monoisotopic (exact) mass is 565 g/mol. The fourth-order valence-electron chi connectivity index (χ4n) is 3.76. The van der Waals surface area contributed by atoms with Crippen molar-refractivity contribution in [3.8, 4) is 0 Å². The molecule has 1 aromatic heterocycles. The van der Waals surface area contributed by atoms with Gasteiger partial charge < -0.3 is 20.2 Å². The maximum absolute atomic E-state index is 13.5. The number of β-amino-alcohol motifs (C(OH)–C–C–N with tert-alkyl or cyclic N) is 2. The lowest BCUT2D eigenvalue weighted by Crippen LogP contribution is -2.38. The van der Waals surface area contributed by atoms with Crippen LogP contribution in [0.4, 0.5) is 5.69 Å². The number of benzene rings is 1. The smallest absolute Gasteiger partial charge is 0.323 e. The molecule has 3 N–H and O–H groups in total. The van der Waals surface area contributed by atoms with Gasteiger partial charge in [0.25, 0.3) is 11.5 Å². The molecule has 0 radical (unpaired) electrons. The van der Waals surface area contributed by atoms with Gasteiger partial charge in [0.15, 0.2) is 6.29 Å². The molecule has 4 rings (SSSR count). The average Bonchev–Trinajstić information content (AvgIpc) is 3.39. The molecule has 0 bridgehead atoms. The number of aliphatic hydroxyl groups is 2. The van der Waals surface area contributed by atoms with Gasteiger partial charge >= 0.3 is 5.97 Å². The van der Waals surface area contributed by atoms with E-state index >= 15 is 0 Å².